The van der Waals surface area contributed by atoms with Crippen molar-refractivity contribution in [3.8, 4) is 11.5 Å². The van der Waals surface area contributed by atoms with Crippen molar-refractivity contribution in [1.82, 2.24) is 0 Å². The van der Waals surface area contributed by atoms with E-state index in [9.17, 15) is 22.4 Å². The van der Waals surface area contributed by atoms with Crippen LogP contribution < -0.4 is 9.47 Å². The minimum atomic E-state index is -1.60. The molecule has 0 radical (unpaired) electrons. The molecule has 0 fully saturated rings. The van der Waals surface area contributed by atoms with Crippen LogP contribution in [0, 0.1) is 23.3 Å². The molecule has 3 aromatic rings. The molecule has 0 saturated heterocycles. The minimum absolute atomic E-state index is 0.0287. The summed E-state index contributed by atoms with van der Waals surface area (Å²) in [4.78, 5) is 12.3. The van der Waals surface area contributed by atoms with Gasteiger partial charge in [-0.05, 0) is 42.6 Å². The molecule has 0 aliphatic carbocycles. The standard InChI is InChI=1S/C21H14F4O3/c1-2-3-8-27-14-5-7-18(16(22)11-14)28-21(26)12-4-6-15-13(9-12)10-17(23)20(25)19(15)24/h2-7,9-11H,8H2,1H3. The molecule has 0 spiro atoms. The van der Waals surface area contributed by atoms with Gasteiger partial charge in [0.15, 0.2) is 29.0 Å². The Kier molecular flexibility index (Phi) is 5.63. The van der Waals surface area contributed by atoms with Crippen molar-refractivity contribution in [2.24, 2.45) is 0 Å². The van der Waals surface area contributed by atoms with E-state index in [0.717, 1.165) is 24.3 Å². The quantitative estimate of drug-likeness (QED) is 0.188. The molecule has 0 N–H and O–H groups in total. The third-order valence-corrected chi connectivity index (χ3v) is 3.90. The maximum absolute atomic E-state index is 14.1. The van der Waals surface area contributed by atoms with Crippen molar-refractivity contribution in [3.63, 3.8) is 0 Å². The molecule has 0 bridgehead atoms. The monoisotopic (exact) mass is 390 g/mol. The van der Waals surface area contributed by atoms with Crippen LogP contribution in [-0.4, -0.2) is 12.6 Å². The van der Waals surface area contributed by atoms with Crippen molar-refractivity contribution < 1.29 is 31.8 Å². The first-order chi connectivity index (χ1) is 13.4. The lowest BCUT2D eigenvalue weighted by molar-refractivity contribution is 0.0727. The second-order valence-corrected chi connectivity index (χ2v) is 5.78. The van der Waals surface area contributed by atoms with Crippen LogP contribution in [0.4, 0.5) is 17.6 Å². The third-order valence-electron chi connectivity index (χ3n) is 3.90. The Morgan fingerprint density at radius 3 is 2.46 bits per heavy atom. The van der Waals surface area contributed by atoms with Crippen LogP contribution in [0.2, 0.25) is 0 Å². The number of ether oxygens (including phenoxy) is 2. The number of hydrogen-bond donors (Lipinski definition) is 0. The molecule has 28 heavy (non-hydrogen) atoms. The van der Waals surface area contributed by atoms with E-state index in [1.807, 2.05) is 6.92 Å². The fraction of sp³-hybridized carbons (Fsp3) is 0.0952. The van der Waals surface area contributed by atoms with Gasteiger partial charge in [0, 0.05) is 11.5 Å². The van der Waals surface area contributed by atoms with E-state index in [0.29, 0.717) is 0 Å². The van der Waals surface area contributed by atoms with Crippen LogP contribution in [0.5, 0.6) is 11.5 Å². The molecule has 0 aliphatic heterocycles. The fourth-order valence-electron chi connectivity index (χ4n) is 2.49. The van der Waals surface area contributed by atoms with Gasteiger partial charge in [0.2, 0.25) is 0 Å². The second kappa shape index (κ2) is 8.12. The number of carbonyl (C=O) groups excluding carboxylic acids is 1. The van der Waals surface area contributed by atoms with E-state index in [4.69, 9.17) is 9.47 Å². The van der Waals surface area contributed by atoms with Crippen LogP contribution in [-0.2, 0) is 0 Å². The molecular formula is C21H14F4O3. The highest BCUT2D eigenvalue weighted by Crippen LogP contribution is 2.26. The molecule has 3 nitrogen and oxygen atoms in total. The summed E-state index contributed by atoms with van der Waals surface area (Å²) in [6.07, 6.45) is 3.52. The van der Waals surface area contributed by atoms with Crippen molar-refractivity contribution in [2.75, 3.05) is 6.61 Å². The van der Waals surface area contributed by atoms with Gasteiger partial charge in [-0.1, -0.05) is 18.2 Å². The average molecular weight is 390 g/mol. The largest absolute Gasteiger partial charge is 0.489 e. The lowest BCUT2D eigenvalue weighted by atomic mass is 10.1. The predicted octanol–water partition coefficient (Wildman–Crippen LogP) is 5.57. The molecule has 0 aromatic heterocycles. The molecule has 3 rings (SSSR count). The number of carbonyl (C=O) groups is 1. The van der Waals surface area contributed by atoms with Gasteiger partial charge < -0.3 is 9.47 Å². The topological polar surface area (TPSA) is 35.5 Å². The maximum atomic E-state index is 14.1. The molecule has 3 aromatic carbocycles. The highest BCUT2D eigenvalue weighted by molar-refractivity contribution is 5.96. The molecule has 0 unspecified atom stereocenters. The molecule has 144 valence electrons. The Balaban J connectivity index is 1.82. The smallest absolute Gasteiger partial charge is 0.343 e. The van der Waals surface area contributed by atoms with Crippen LogP contribution in [0.25, 0.3) is 10.8 Å². The Bertz CT molecular complexity index is 1080. The van der Waals surface area contributed by atoms with Gasteiger partial charge in [0.25, 0.3) is 0 Å². The highest BCUT2D eigenvalue weighted by atomic mass is 19.2. The molecule has 0 aliphatic rings. The summed E-state index contributed by atoms with van der Waals surface area (Å²) in [6.45, 7) is 2.08. The number of esters is 1. The number of benzene rings is 3. The second-order valence-electron chi connectivity index (χ2n) is 5.78. The summed E-state index contributed by atoms with van der Waals surface area (Å²) in [5.74, 6) is -6.15. The van der Waals surface area contributed by atoms with Gasteiger partial charge >= 0.3 is 5.97 Å². The number of rotatable bonds is 5. The van der Waals surface area contributed by atoms with E-state index in [2.05, 4.69) is 0 Å². The zero-order chi connectivity index (χ0) is 20.3. The Morgan fingerprint density at radius 2 is 1.75 bits per heavy atom. The summed E-state index contributed by atoms with van der Waals surface area (Å²) in [7, 11) is 0. The van der Waals surface area contributed by atoms with Crippen LogP contribution in [0.1, 0.15) is 17.3 Å². The van der Waals surface area contributed by atoms with Crippen LogP contribution >= 0.6 is 0 Å². The zero-order valence-corrected chi connectivity index (χ0v) is 14.6. The first kappa shape index (κ1) is 19.4. The van der Waals surface area contributed by atoms with E-state index in [1.54, 1.807) is 12.2 Å². The van der Waals surface area contributed by atoms with Crippen LogP contribution in [0.3, 0.4) is 0 Å². The highest BCUT2D eigenvalue weighted by Gasteiger charge is 2.17. The number of hydrogen-bond acceptors (Lipinski definition) is 3. The van der Waals surface area contributed by atoms with E-state index in [1.165, 1.54) is 18.2 Å². The molecule has 0 amide bonds. The van der Waals surface area contributed by atoms with E-state index in [-0.39, 0.29) is 34.4 Å². The molecule has 0 atom stereocenters. The normalized spacial score (nSPS) is 11.2. The number of fused-ring (bicyclic) bond motifs is 1. The van der Waals surface area contributed by atoms with Crippen molar-refractivity contribution in [1.29, 1.82) is 0 Å². The zero-order valence-electron chi connectivity index (χ0n) is 14.6. The number of allylic oxidation sites excluding steroid dienone is 1. The summed E-state index contributed by atoms with van der Waals surface area (Å²) >= 11 is 0. The predicted molar refractivity (Wildman–Crippen MR) is 95.5 cm³/mol. The maximum Gasteiger partial charge on any atom is 0.343 e. The molecule has 7 heteroatoms. The van der Waals surface area contributed by atoms with Gasteiger partial charge in [-0.3, -0.25) is 0 Å². The van der Waals surface area contributed by atoms with Crippen molar-refractivity contribution >= 4 is 16.7 Å². The van der Waals surface area contributed by atoms with Gasteiger partial charge in [0.05, 0.1) is 5.56 Å². The van der Waals surface area contributed by atoms with Gasteiger partial charge in [-0.15, -0.1) is 0 Å². The first-order valence-electron chi connectivity index (χ1n) is 8.23. The molecule has 0 saturated carbocycles. The lowest BCUT2D eigenvalue weighted by Crippen LogP contribution is -2.10. The minimum Gasteiger partial charge on any atom is -0.489 e. The van der Waals surface area contributed by atoms with Gasteiger partial charge in [0.1, 0.15) is 12.4 Å². The third kappa shape index (κ3) is 3.98. The summed E-state index contributed by atoms with van der Waals surface area (Å²) in [5, 5.41) is -0.219. The lowest BCUT2D eigenvalue weighted by Gasteiger charge is -2.09. The average Bonchev–Trinajstić information content (AvgIpc) is 2.68. The van der Waals surface area contributed by atoms with Crippen molar-refractivity contribution in [3.05, 3.63) is 83.4 Å². The Hall–Kier alpha value is -3.35. The van der Waals surface area contributed by atoms with Gasteiger partial charge in [-0.25, -0.2) is 22.4 Å². The summed E-state index contributed by atoms with van der Waals surface area (Å²) in [5.41, 5.74) is -0.0780. The van der Waals surface area contributed by atoms with Gasteiger partial charge in [-0.2, -0.15) is 0 Å². The number of halogens is 4. The fourth-order valence-corrected chi connectivity index (χ4v) is 2.49. The van der Waals surface area contributed by atoms with Crippen molar-refractivity contribution in [2.45, 2.75) is 6.92 Å². The summed E-state index contributed by atoms with van der Waals surface area (Å²) < 4.78 is 64.8. The Morgan fingerprint density at radius 1 is 0.964 bits per heavy atom. The first-order valence-corrected chi connectivity index (χ1v) is 8.23. The Labute approximate surface area is 157 Å². The SMILES string of the molecule is CC=CCOc1ccc(OC(=O)c2ccc3c(F)c(F)c(F)cc3c2)c(F)c1. The van der Waals surface area contributed by atoms with Crippen LogP contribution in [0.15, 0.2) is 54.6 Å². The molecule has 0 heterocycles. The molecular weight excluding hydrogens is 376 g/mol. The van der Waals surface area contributed by atoms with E-state index < -0.39 is 29.2 Å². The summed E-state index contributed by atoms with van der Waals surface area (Å²) in [6, 6.07) is 7.94. The van der Waals surface area contributed by atoms with E-state index >= 15 is 0 Å².